The van der Waals surface area contributed by atoms with Crippen LogP contribution in [0.3, 0.4) is 0 Å². The van der Waals surface area contributed by atoms with Gasteiger partial charge in [0.1, 0.15) is 23.3 Å². The number of nitrogens with zero attached hydrogens (tertiary/aromatic N) is 6. The molecule has 2 aromatic heterocycles. The van der Waals surface area contributed by atoms with Gasteiger partial charge in [-0.05, 0) is 37.5 Å². The highest BCUT2D eigenvalue weighted by Crippen LogP contribution is 2.31. The third-order valence-electron chi connectivity index (χ3n) is 5.58. The second-order valence-electron chi connectivity index (χ2n) is 7.70. The number of rotatable bonds is 2. The van der Waals surface area contributed by atoms with Crippen LogP contribution in [0.5, 0.6) is 0 Å². The summed E-state index contributed by atoms with van der Waals surface area (Å²) in [7, 11) is 1.79. The molecule has 0 saturated carbocycles. The number of benzene rings is 1. The van der Waals surface area contributed by atoms with Crippen LogP contribution in [-0.4, -0.2) is 43.4 Å². The van der Waals surface area contributed by atoms with Crippen LogP contribution in [0.1, 0.15) is 53.7 Å². The Balaban J connectivity index is 0.000000174. The Morgan fingerprint density at radius 1 is 1.19 bits per heavy atom. The molecule has 3 aromatic rings. The highest BCUT2D eigenvalue weighted by molar-refractivity contribution is 5.92. The molecule has 32 heavy (non-hydrogen) atoms. The number of primary amides is 1. The SMILES string of the molecule is CN1C(=O)CCCn2nccc21.NC(=O)c1nc2n(n1)C(c1cc(F)ccc1F)CCC2. The summed E-state index contributed by atoms with van der Waals surface area (Å²) in [6.07, 6.45) is 5.24. The van der Waals surface area contributed by atoms with Crippen LogP contribution < -0.4 is 10.6 Å². The van der Waals surface area contributed by atoms with Gasteiger partial charge in [0.25, 0.3) is 5.91 Å². The van der Waals surface area contributed by atoms with Crippen LogP contribution in [0.2, 0.25) is 0 Å². The highest BCUT2D eigenvalue weighted by atomic mass is 19.1. The van der Waals surface area contributed by atoms with Crippen LogP contribution in [0.4, 0.5) is 14.6 Å². The second-order valence-corrected chi connectivity index (χ2v) is 7.70. The van der Waals surface area contributed by atoms with Crippen molar-refractivity contribution in [2.24, 2.45) is 5.73 Å². The molecule has 0 bridgehead atoms. The number of aromatic nitrogens is 5. The van der Waals surface area contributed by atoms with Gasteiger partial charge in [0, 0.05) is 38.1 Å². The van der Waals surface area contributed by atoms with E-state index in [1.54, 1.807) is 18.1 Å². The van der Waals surface area contributed by atoms with E-state index in [0.717, 1.165) is 43.4 Å². The van der Waals surface area contributed by atoms with E-state index < -0.39 is 23.6 Å². The molecule has 1 aromatic carbocycles. The number of halogens is 2. The summed E-state index contributed by atoms with van der Waals surface area (Å²) in [5.74, 6) is -0.191. The van der Waals surface area contributed by atoms with Gasteiger partial charge < -0.3 is 10.6 Å². The van der Waals surface area contributed by atoms with E-state index in [9.17, 15) is 18.4 Å². The molecular formula is C21H23F2N7O2. The van der Waals surface area contributed by atoms with Gasteiger partial charge in [-0.3, -0.25) is 9.59 Å². The Hall–Kier alpha value is -3.63. The number of carbonyl (C=O) groups is 2. The first-order chi connectivity index (χ1) is 15.3. The molecule has 168 valence electrons. The predicted octanol–water partition coefficient (Wildman–Crippen LogP) is 2.22. The van der Waals surface area contributed by atoms with Gasteiger partial charge in [0.2, 0.25) is 11.7 Å². The predicted molar refractivity (Wildman–Crippen MR) is 111 cm³/mol. The van der Waals surface area contributed by atoms with Crippen molar-refractivity contribution >= 4 is 17.6 Å². The van der Waals surface area contributed by atoms with Gasteiger partial charge in [0.15, 0.2) is 0 Å². The number of hydrogen-bond acceptors (Lipinski definition) is 5. The van der Waals surface area contributed by atoms with E-state index in [1.807, 2.05) is 10.7 Å². The number of aryl methyl sites for hydroxylation is 2. The molecule has 4 heterocycles. The molecule has 5 rings (SSSR count). The minimum Gasteiger partial charge on any atom is -0.363 e. The fraction of sp³-hybridized carbons (Fsp3) is 0.381. The molecule has 0 saturated heterocycles. The average Bonchev–Trinajstić information content (AvgIpc) is 3.39. The molecule has 2 N–H and O–H groups in total. The number of hydrogen-bond donors (Lipinski definition) is 1. The minimum absolute atomic E-state index is 0.0938. The summed E-state index contributed by atoms with van der Waals surface area (Å²) in [4.78, 5) is 28.2. The summed E-state index contributed by atoms with van der Waals surface area (Å²) >= 11 is 0. The smallest absolute Gasteiger partial charge is 0.288 e. The molecule has 0 radical (unpaired) electrons. The zero-order chi connectivity index (χ0) is 22.8. The Kier molecular flexibility index (Phi) is 5.97. The van der Waals surface area contributed by atoms with Crippen LogP contribution >= 0.6 is 0 Å². The number of anilines is 1. The monoisotopic (exact) mass is 443 g/mol. The second kappa shape index (κ2) is 8.85. The molecule has 1 atom stereocenters. The zero-order valence-corrected chi connectivity index (χ0v) is 17.5. The maximum absolute atomic E-state index is 13.9. The molecule has 11 heteroatoms. The van der Waals surface area contributed by atoms with E-state index in [0.29, 0.717) is 25.1 Å². The molecule has 9 nitrogen and oxygen atoms in total. The standard InChI is InChI=1S/C13H12F2N4O.C8H11N3O/c14-7-4-5-9(15)8(6-7)10-2-1-3-11-17-13(12(16)20)18-19(10)11;1-10-7-4-5-9-11(7)6-2-3-8(10)12/h4-6,10H,1-3H2,(H2,16,20);4-5H,2-3,6H2,1H3. The summed E-state index contributed by atoms with van der Waals surface area (Å²) in [5, 5.41) is 8.15. The fourth-order valence-corrected chi connectivity index (χ4v) is 3.97. The number of carbonyl (C=O) groups excluding carboxylic acids is 2. The maximum atomic E-state index is 13.9. The van der Waals surface area contributed by atoms with E-state index in [4.69, 9.17) is 5.73 Å². The fourth-order valence-electron chi connectivity index (χ4n) is 3.97. The van der Waals surface area contributed by atoms with Crippen molar-refractivity contribution in [3.63, 3.8) is 0 Å². The first kappa shape index (κ1) is 21.6. The zero-order valence-electron chi connectivity index (χ0n) is 17.5. The van der Waals surface area contributed by atoms with Gasteiger partial charge in [-0.1, -0.05) is 0 Å². The lowest BCUT2D eigenvalue weighted by molar-refractivity contribution is -0.118. The molecule has 2 amide bonds. The van der Waals surface area contributed by atoms with Crippen LogP contribution in [0.25, 0.3) is 0 Å². The van der Waals surface area contributed by atoms with Crippen molar-refractivity contribution in [3.8, 4) is 0 Å². The van der Waals surface area contributed by atoms with E-state index in [2.05, 4.69) is 15.2 Å². The largest absolute Gasteiger partial charge is 0.363 e. The average molecular weight is 443 g/mol. The van der Waals surface area contributed by atoms with Gasteiger partial charge in [-0.15, -0.1) is 5.10 Å². The number of fused-ring (bicyclic) bond motifs is 2. The van der Waals surface area contributed by atoms with Gasteiger partial charge in [-0.25, -0.2) is 23.1 Å². The lowest BCUT2D eigenvalue weighted by Gasteiger charge is -2.24. The molecule has 2 aliphatic rings. The number of nitrogens with two attached hydrogens (primary N) is 1. The molecule has 0 aliphatic carbocycles. The summed E-state index contributed by atoms with van der Waals surface area (Å²) in [6.45, 7) is 0.846. The Morgan fingerprint density at radius 2 is 2.00 bits per heavy atom. The highest BCUT2D eigenvalue weighted by Gasteiger charge is 2.28. The Bertz CT molecular complexity index is 1160. The maximum Gasteiger partial charge on any atom is 0.288 e. The van der Waals surface area contributed by atoms with Crippen LogP contribution in [-0.2, 0) is 17.8 Å². The normalized spacial score (nSPS) is 17.7. The summed E-state index contributed by atoms with van der Waals surface area (Å²) in [5.41, 5.74) is 5.37. The van der Waals surface area contributed by atoms with Crippen molar-refractivity contribution in [3.05, 3.63) is 59.3 Å². The lowest BCUT2D eigenvalue weighted by atomic mass is 9.97. The summed E-state index contributed by atoms with van der Waals surface area (Å²) in [6, 6.07) is 4.71. The Morgan fingerprint density at radius 3 is 2.78 bits per heavy atom. The third-order valence-corrected chi connectivity index (χ3v) is 5.58. The van der Waals surface area contributed by atoms with E-state index >= 15 is 0 Å². The first-order valence-corrected chi connectivity index (χ1v) is 10.3. The van der Waals surface area contributed by atoms with Crippen LogP contribution in [0.15, 0.2) is 30.5 Å². The lowest BCUT2D eigenvalue weighted by Crippen LogP contribution is -2.25. The van der Waals surface area contributed by atoms with Crippen molar-refractivity contribution < 1.29 is 18.4 Å². The first-order valence-electron chi connectivity index (χ1n) is 10.3. The van der Waals surface area contributed by atoms with Gasteiger partial charge in [-0.2, -0.15) is 5.10 Å². The van der Waals surface area contributed by atoms with Crippen LogP contribution in [0, 0.1) is 11.6 Å². The quantitative estimate of drug-likeness (QED) is 0.653. The van der Waals surface area contributed by atoms with Gasteiger partial charge >= 0.3 is 0 Å². The topological polar surface area (TPSA) is 112 Å². The Labute approximate surface area is 182 Å². The van der Waals surface area contributed by atoms with Gasteiger partial charge in [0.05, 0.1) is 12.2 Å². The van der Waals surface area contributed by atoms with Crippen molar-refractivity contribution in [2.75, 3.05) is 11.9 Å². The number of amides is 2. The summed E-state index contributed by atoms with van der Waals surface area (Å²) < 4.78 is 30.6. The van der Waals surface area contributed by atoms with E-state index in [1.165, 1.54) is 4.68 Å². The van der Waals surface area contributed by atoms with E-state index in [-0.39, 0.29) is 17.3 Å². The molecule has 0 spiro atoms. The van der Waals surface area contributed by atoms with Crippen molar-refractivity contribution in [2.45, 2.75) is 44.7 Å². The molecule has 0 fully saturated rings. The third kappa shape index (κ3) is 4.23. The molecule has 1 unspecified atom stereocenters. The van der Waals surface area contributed by atoms with Crippen molar-refractivity contribution in [1.82, 2.24) is 24.5 Å². The van der Waals surface area contributed by atoms with Crippen molar-refractivity contribution in [1.29, 1.82) is 0 Å². The molecular weight excluding hydrogens is 420 g/mol. The minimum atomic E-state index is -0.731. The molecule has 2 aliphatic heterocycles.